The van der Waals surface area contributed by atoms with Gasteiger partial charge in [-0.25, -0.2) is 0 Å². The van der Waals surface area contributed by atoms with E-state index < -0.39 is 23.8 Å². The molecule has 2 aromatic carbocycles. The molecule has 1 saturated heterocycles. The lowest BCUT2D eigenvalue weighted by atomic mass is 9.81. The fraction of sp³-hybridized carbons (Fsp3) is 0.111. The number of carbonyl (C=O) groups excluding carboxylic acids is 2. The van der Waals surface area contributed by atoms with E-state index in [2.05, 4.69) is 12.1 Å². The van der Waals surface area contributed by atoms with Crippen molar-refractivity contribution in [2.75, 3.05) is 0 Å². The number of fused-ring (bicyclic) bond motifs is 5. The first-order chi connectivity index (χ1) is 10.3. The van der Waals surface area contributed by atoms with Crippen molar-refractivity contribution < 1.29 is 14.3 Å². The van der Waals surface area contributed by atoms with Crippen LogP contribution in [0.4, 0.5) is 0 Å². The zero-order valence-corrected chi connectivity index (χ0v) is 11.0. The Balaban J connectivity index is 1.99. The van der Waals surface area contributed by atoms with Crippen molar-refractivity contribution in [3.05, 3.63) is 58.5 Å². The molecule has 2 aliphatic carbocycles. The second-order valence-corrected chi connectivity index (χ2v) is 5.64. The van der Waals surface area contributed by atoms with E-state index in [0.717, 1.165) is 32.7 Å². The lowest BCUT2D eigenvalue weighted by Gasteiger charge is -2.17. The van der Waals surface area contributed by atoms with Crippen molar-refractivity contribution in [1.82, 2.24) is 0 Å². The Hall–Kier alpha value is -2.68. The highest BCUT2D eigenvalue weighted by Gasteiger charge is 2.48. The summed E-state index contributed by atoms with van der Waals surface area (Å²) in [7, 11) is 0. The van der Waals surface area contributed by atoms with Gasteiger partial charge in [-0.05, 0) is 32.7 Å². The first-order valence-electron chi connectivity index (χ1n) is 6.96. The Labute approximate surface area is 120 Å². The average molecular weight is 274 g/mol. The predicted molar refractivity (Wildman–Crippen MR) is 76.2 cm³/mol. The second kappa shape index (κ2) is 3.50. The number of esters is 2. The Morgan fingerprint density at radius 1 is 0.810 bits per heavy atom. The topological polar surface area (TPSA) is 43.4 Å². The van der Waals surface area contributed by atoms with E-state index in [9.17, 15) is 9.59 Å². The summed E-state index contributed by atoms with van der Waals surface area (Å²) >= 11 is 0. The van der Waals surface area contributed by atoms with E-state index in [1.807, 2.05) is 36.4 Å². The van der Waals surface area contributed by atoms with Gasteiger partial charge in [0.1, 0.15) is 5.92 Å². The van der Waals surface area contributed by atoms with Crippen LogP contribution in [0.1, 0.15) is 5.56 Å². The van der Waals surface area contributed by atoms with Gasteiger partial charge in [0, 0.05) is 0 Å². The van der Waals surface area contributed by atoms with Crippen LogP contribution in [0.3, 0.4) is 0 Å². The molecule has 0 spiro atoms. The molecule has 2 aromatic rings. The fourth-order valence-corrected chi connectivity index (χ4v) is 3.81. The lowest BCUT2D eigenvalue weighted by molar-refractivity contribution is -0.153. The van der Waals surface area contributed by atoms with Gasteiger partial charge >= 0.3 is 11.9 Å². The quantitative estimate of drug-likeness (QED) is 0.531. The molecule has 1 aliphatic heterocycles. The molecule has 2 atom stereocenters. The third-order valence-corrected chi connectivity index (χ3v) is 4.63. The number of rotatable bonds is 0. The van der Waals surface area contributed by atoms with Crippen LogP contribution in [0.15, 0.2) is 42.5 Å². The van der Waals surface area contributed by atoms with Gasteiger partial charge in [0.05, 0.1) is 5.92 Å². The molecular formula is C18H10O3. The highest BCUT2D eigenvalue weighted by Crippen LogP contribution is 2.42. The highest BCUT2D eigenvalue weighted by molar-refractivity contribution is 6.09. The standard InChI is InChI=1S/C18H10O3/c19-17-13-8-9-4-3-7-11-10-5-1-2-6-12(10)15(14(9)11)16(13)18(20)21-17/h1-8,13,16H. The predicted octanol–water partition coefficient (Wildman–Crippen LogP) is 0.976. The van der Waals surface area contributed by atoms with Gasteiger partial charge in [-0.2, -0.15) is 0 Å². The summed E-state index contributed by atoms with van der Waals surface area (Å²) in [6, 6.07) is 14.1. The van der Waals surface area contributed by atoms with Crippen molar-refractivity contribution in [1.29, 1.82) is 0 Å². The van der Waals surface area contributed by atoms with E-state index in [4.69, 9.17) is 4.74 Å². The maximum absolute atomic E-state index is 12.1. The van der Waals surface area contributed by atoms with Crippen LogP contribution < -0.4 is 10.4 Å². The van der Waals surface area contributed by atoms with Gasteiger partial charge in [-0.15, -0.1) is 0 Å². The summed E-state index contributed by atoms with van der Waals surface area (Å²) in [6.07, 6.45) is 1.88. The summed E-state index contributed by atoms with van der Waals surface area (Å²) < 4.78 is 4.88. The van der Waals surface area contributed by atoms with Crippen molar-refractivity contribution in [2.24, 2.45) is 11.8 Å². The van der Waals surface area contributed by atoms with E-state index in [1.54, 1.807) is 0 Å². The fourth-order valence-electron chi connectivity index (χ4n) is 3.81. The Morgan fingerprint density at radius 3 is 2.43 bits per heavy atom. The smallest absolute Gasteiger partial charge is 0.322 e. The van der Waals surface area contributed by atoms with Crippen molar-refractivity contribution in [3.8, 4) is 11.1 Å². The van der Waals surface area contributed by atoms with Crippen LogP contribution in [0, 0.1) is 11.8 Å². The Kier molecular flexibility index (Phi) is 1.84. The van der Waals surface area contributed by atoms with Crippen LogP contribution in [-0.4, -0.2) is 11.9 Å². The van der Waals surface area contributed by atoms with Crippen LogP contribution in [0.5, 0.6) is 0 Å². The van der Waals surface area contributed by atoms with Gasteiger partial charge < -0.3 is 4.74 Å². The maximum atomic E-state index is 12.1. The van der Waals surface area contributed by atoms with Crippen LogP contribution in [0.2, 0.25) is 0 Å². The molecule has 100 valence electrons. The number of cyclic esters (lactones) is 2. The van der Waals surface area contributed by atoms with Crippen molar-refractivity contribution in [3.63, 3.8) is 0 Å². The van der Waals surface area contributed by atoms with Crippen LogP contribution in [0.25, 0.3) is 22.8 Å². The number of carbonyl (C=O) groups is 2. The van der Waals surface area contributed by atoms with E-state index in [0.29, 0.717) is 0 Å². The zero-order valence-electron chi connectivity index (χ0n) is 11.0. The number of ether oxygens (including phenoxy) is 1. The monoisotopic (exact) mass is 274 g/mol. The Bertz CT molecular complexity index is 968. The van der Waals surface area contributed by atoms with Crippen LogP contribution in [-0.2, 0) is 14.3 Å². The SMILES string of the molecule is O=C1OC(=O)C2C3=c4c(cccc4=CC12)-c1ccccc13. The number of benzene rings is 2. The molecule has 0 N–H and O–H groups in total. The van der Waals surface area contributed by atoms with E-state index >= 15 is 0 Å². The molecule has 3 aliphatic rings. The van der Waals surface area contributed by atoms with E-state index in [1.165, 1.54) is 0 Å². The first-order valence-corrected chi connectivity index (χ1v) is 6.96. The lowest BCUT2D eigenvalue weighted by Crippen LogP contribution is -2.37. The summed E-state index contributed by atoms with van der Waals surface area (Å²) in [5.74, 6) is -1.83. The Morgan fingerprint density at radius 2 is 1.57 bits per heavy atom. The van der Waals surface area contributed by atoms with Crippen molar-refractivity contribution >= 4 is 23.6 Å². The molecule has 3 nitrogen and oxygen atoms in total. The third-order valence-electron chi connectivity index (χ3n) is 4.63. The summed E-state index contributed by atoms with van der Waals surface area (Å²) in [6.45, 7) is 0. The van der Waals surface area contributed by atoms with Gasteiger partial charge in [-0.3, -0.25) is 9.59 Å². The minimum absolute atomic E-state index is 0.423. The van der Waals surface area contributed by atoms with Gasteiger partial charge in [-0.1, -0.05) is 48.5 Å². The zero-order chi connectivity index (χ0) is 14.1. The number of hydrogen-bond acceptors (Lipinski definition) is 3. The van der Waals surface area contributed by atoms with Gasteiger partial charge in [0.25, 0.3) is 0 Å². The molecule has 1 heterocycles. The summed E-state index contributed by atoms with van der Waals surface area (Å²) in [5.41, 5.74) is 4.28. The number of hydrogen-bond donors (Lipinski definition) is 0. The van der Waals surface area contributed by atoms with E-state index in [-0.39, 0.29) is 0 Å². The minimum atomic E-state index is -0.491. The molecule has 0 bridgehead atoms. The normalized spacial score (nSPS) is 24.1. The van der Waals surface area contributed by atoms with Gasteiger partial charge in [0.15, 0.2) is 0 Å². The first kappa shape index (κ1) is 11.0. The molecule has 0 amide bonds. The highest BCUT2D eigenvalue weighted by atomic mass is 16.6. The van der Waals surface area contributed by atoms with Crippen LogP contribution >= 0.6 is 0 Å². The molecule has 0 aromatic heterocycles. The maximum Gasteiger partial charge on any atom is 0.322 e. The summed E-state index contributed by atoms with van der Waals surface area (Å²) in [5, 5.41) is 2.11. The molecule has 0 radical (unpaired) electrons. The molecular weight excluding hydrogens is 264 g/mol. The molecule has 3 heteroatoms. The van der Waals surface area contributed by atoms with Gasteiger partial charge in [0.2, 0.25) is 0 Å². The third kappa shape index (κ3) is 1.20. The largest absolute Gasteiger partial charge is 0.392 e. The second-order valence-electron chi connectivity index (χ2n) is 5.64. The molecule has 1 fully saturated rings. The van der Waals surface area contributed by atoms with Crippen molar-refractivity contribution in [2.45, 2.75) is 0 Å². The average Bonchev–Trinajstić information content (AvgIpc) is 2.98. The summed E-state index contributed by atoms with van der Waals surface area (Å²) in [4.78, 5) is 24.1. The minimum Gasteiger partial charge on any atom is -0.392 e. The molecule has 21 heavy (non-hydrogen) atoms. The molecule has 0 saturated carbocycles. The molecule has 2 unspecified atom stereocenters. The molecule has 5 rings (SSSR count).